The third-order valence-electron chi connectivity index (χ3n) is 11.5. The van der Waals surface area contributed by atoms with E-state index < -0.39 is 10.9 Å². The molecule has 52 heavy (non-hydrogen) atoms. The predicted octanol–water partition coefficient (Wildman–Crippen LogP) is 7.88. The number of piperidine rings is 3. The van der Waals surface area contributed by atoms with E-state index in [9.17, 15) is 19.8 Å². The van der Waals surface area contributed by atoms with Gasteiger partial charge in [0, 0.05) is 47.4 Å². The van der Waals surface area contributed by atoms with Crippen LogP contribution in [0.5, 0.6) is 11.5 Å². The topological polar surface area (TPSA) is 115 Å². The zero-order valence-corrected chi connectivity index (χ0v) is 28.5. The number of rotatable bonds is 9. The van der Waals surface area contributed by atoms with Crippen LogP contribution >= 0.6 is 0 Å². The van der Waals surface area contributed by atoms with Gasteiger partial charge in [0.25, 0.3) is 10.9 Å². The molecule has 6 aromatic carbocycles. The lowest BCUT2D eigenvalue weighted by Gasteiger charge is -2.52. The lowest BCUT2D eigenvalue weighted by molar-refractivity contribution is 0.0105. The summed E-state index contributed by atoms with van der Waals surface area (Å²) in [5.74, 6) is 0.981. The number of benzene rings is 5. The van der Waals surface area contributed by atoms with Crippen molar-refractivity contribution in [3.63, 3.8) is 0 Å². The van der Waals surface area contributed by atoms with E-state index in [1.54, 1.807) is 6.07 Å². The first-order valence-electron chi connectivity index (χ1n) is 17.9. The molecule has 1 unspecified atom stereocenters. The summed E-state index contributed by atoms with van der Waals surface area (Å²) in [5, 5.41) is 34.3. The zero-order chi connectivity index (χ0) is 35.5. The first-order valence-corrected chi connectivity index (χ1v) is 17.9. The molecule has 8 heteroatoms. The van der Waals surface area contributed by atoms with Crippen molar-refractivity contribution in [3.05, 3.63) is 147 Å². The largest absolute Gasteiger partial charge is 0.507 e. The Hall–Kier alpha value is -5.99. The van der Waals surface area contributed by atoms with E-state index in [-0.39, 0.29) is 41.5 Å². The van der Waals surface area contributed by atoms with E-state index in [4.69, 9.17) is 0 Å². The number of fused-ring (bicyclic) bond motifs is 6. The van der Waals surface area contributed by atoms with Crippen LogP contribution in [0, 0.1) is 11.8 Å². The number of aromatic nitrogens is 1. The van der Waals surface area contributed by atoms with Gasteiger partial charge in [0.1, 0.15) is 22.9 Å². The second kappa shape index (κ2) is 12.7. The van der Waals surface area contributed by atoms with Gasteiger partial charge in [-0.1, -0.05) is 78.9 Å². The Morgan fingerprint density at radius 1 is 0.846 bits per heavy atom. The highest BCUT2D eigenvalue weighted by molar-refractivity contribution is 6.10. The number of aromatic hydroxyl groups is 2. The molecular formula is C44H38N4O4. The number of anilines is 2. The summed E-state index contributed by atoms with van der Waals surface area (Å²) in [6, 6.07) is 30.7. The fraction of sp³-hybridized carbons (Fsp3) is 0.205. The molecule has 5 atom stereocenters. The molecule has 3 aliphatic rings. The molecule has 258 valence electrons. The first kappa shape index (κ1) is 32.0. The summed E-state index contributed by atoms with van der Waals surface area (Å²) in [6.07, 6.45) is 5.94. The van der Waals surface area contributed by atoms with E-state index in [1.165, 1.54) is 0 Å². The maximum absolute atomic E-state index is 13.4. The standard InChI is InChI=1S/C44H38N4O4/c1-2-25-24-48-20-18-27(25)22-35(48)39(33-17-19-45-34-14-8-7-13-32(33)34)47-41-40(43(51)44(41)52)46-23-29-21-28-10-4-6-12-31(28)38(42(29)50)37-30-11-5-3-9-26(30)15-16-36(37)49/h2-17,19,21,25,27,35,39,46-47,49-50H,1,18,20,22-24H2/t25-,27-,35-,39+/m0/s1. The van der Waals surface area contributed by atoms with Crippen LogP contribution in [-0.4, -0.2) is 39.2 Å². The third-order valence-corrected chi connectivity index (χ3v) is 11.5. The third kappa shape index (κ3) is 5.13. The van der Waals surface area contributed by atoms with E-state index in [0.717, 1.165) is 63.9 Å². The molecule has 0 spiro atoms. The Labute approximate surface area is 300 Å². The summed E-state index contributed by atoms with van der Waals surface area (Å²) in [6.45, 7) is 6.06. The van der Waals surface area contributed by atoms with Gasteiger partial charge in [0.2, 0.25) is 0 Å². The minimum absolute atomic E-state index is 0.00463. The maximum atomic E-state index is 13.4. The fourth-order valence-corrected chi connectivity index (χ4v) is 8.84. The molecule has 0 saturated carbocycles. The molecular weight excluding hydrogens is 649 g/mol. The van der Waals surface area contributed by atoms with Crippen LogP contribution in [0.4, 0.5) is 11.4 Å². The minimum atomic E-state index is -0.592. The number of hydrogen-bond acceptors (Lipinski definition) is 8. The van der Waals surface area contributed by atoms with Gasteiger partial charge in [-0.15, -0.1) is 6.58 Å². The molecule has 4 heterocycles. The highest BCUT2D eigenvalue weighted by Crippen LogP contribution is 2.47. The van der Waals surface area contributed by atoms with Crippen molar-refractivity contribution in [2.45, 2.75) is 31.5 Å². The van der Waals surface area contributed by atoms with Crippen molar-refractivity contribution in [1.82, 2.24) is 9.88 Å². The van der Waals surface area contributed by atoms with Crippen molar-refractivity contribution < 1.29 is 10.2 Å². The Morgan fingerprint density at radius 3 is 2.33 bits per heavy atom. The van der Waals surface area contributed by atoms with Crippen molar-refractivity contribution >= 4 is 43.8 Å². The number of nitrogens with one attached hydrogen (secondary N) is 2. The normalized spacial score (nSPS) is 20.4. The second-order valence-electron chi connectivity index (χ2n) is 14.2. The van der Waals surface area contributed by atoms with E-state index in [1.807, 2.05) is 91.1 Å². The van der Waals surface area contributed by atoms with Gasteiger partial charge in [0.15, 0.2) is 0 Å². The Kier molecular flexibility index (Phi) is 7.77. The highest BCUT2D eigenvalue weighted by Gasteiger charge is 2.43. The lowest BCUT2D eigenvalue weighted by atomic mass is 9.73. The molecule has 8 nitrogen and oxygen atoms in total. The van der Waals surface area contributed by atoms with Gasteiger partial charge in [-0.05, 0) is 82.6 Å². The first-order chi connectivity index (χ1) is 25.4. The average molecular weight is 687 g/mol. The number of para-hydroxylation sites is 1. The van der Waals surface area contributed by atoms with Crippen LogP contribution in [-0.2, 0) is 6.54 Å². The van der Waals surface area contributed by atoms with Crippen molar-refractivity contribution in [1.29, 1.82) is 0 Å². The van der Waals surface area contributed by atoms with Crippen LogP contribution in [0.15, 0.2) is 126 Å². The second-order valence-corrected chi connectivity index (χ2v) is 14.2. The molecule has 4 N–H and O–H groups in total. The molecule has 2 bridgehead atoms. The van der Waals surface area contributed by atoms with E-state index in [0.29, 0.717) is 28.5 Å². The molecule has 0 radical (unpaired) electrons. The van der Waals surface area contributed by atoms with Gasteiger partial charge < -0.3 is 20.8 Å². The molecule has 3 fully saturated rings. The number of phenolic OH excluding ortho intramolecular Hbond substituents is 2. The van der Waals surface area contributed by atoms with Crippen molar-refractivity contribution in [3.8, 4) is 22.6 Å². The van der Waals surface area contributed by atoms with Crippen molar-refractivity contribution in [2.24, 2.45) is 11.8 Å². The zero-order valence-electron chi connectivity index (χ0n) is 28.5. The summed E-state index contributed by atoms with van der Waals surface area (Å²) in [7, 11) is 0. The molecule has 1 aromatic heterocycles. The molecule has 3 saturated heterocycles. The van der Waals surface area contributed by atoms with Gasteiger partial charge in [-0.25, -0.2) is 0 Å². The van der Waals surface area contributed by atoms with E-state index in [2.05, 4.69) is 39.2 Å². The molecule has 3 aliphatic heterocycles. The molecule has 0 aliphatic carbocycles. The SMILES string of the molecule is C=C[C@H]1CN2CC[C@H]1C[C@H]2[C@H](Nc1c(NCc2cc3ccccc3c(-c3c(O)ccc4ccccc34)c2O)c(=O)c1=O)c1ccnc2ccccc12. The molecule has 10 rings (SSSR count). The summed E-state index contributed by atoms with van der Waals surface area (Å²) >= 11 is 0. The Morgan fingerprint density at radius 2 is 1.56 bits per heavy atom. The summed E-state index contributed by atoms with van der Waals surface area (Å²) in [4.78, 5) is 33.7. The fourth-order valence-electron chi connectivity index (χ4n) is 8.84. The maximum Gasteiger partial charge on any atom is 0.253 e. The van der Waals surface area contributed by atoms with Crippen LogP contribution in [0.1, 0.15) is 30.0 Å². The Balaban J connectivity index is 1.10. The lowest BCUT2D eigenvalue weighted by Crippen LogP contribution is -2.56. The quantitative estimate of drug-likeness (QED) is 0.0896. The van der Waals surface area contributed by atoms with Crippen LogP contribution in [0.3, 0.4) is 0 Å². The van der Waals surface area contributed by atoms with Crippen molar-refractivity contribution in [2.75, 3.05) is 23.7 Å². The molecule has 7 aromatic rings. The minimum Gasteiger partial charge on any atom is -0.507 e. The Bertz CT molecular complexity index is 2600. The number of phenols is 2. The summed E-state index contributed by atoms with van der Waals surface area (Å²) < 4.78 is 0. The van der Waals surface area contributed by atoms with Gasteiger partial charge in [-0.3, -0.25) is 19.5 Å². The van der Waals surface area contributed by atoms with Gasteiger partial charge in [0.05, 0.1) is 11.6 Å². The molecule has 0 amide bonds. The number of pyridine rings is 1. The predicted molar refractivity (Wildman–Crippen MR) is 209 cm³/mol. The monoisotopic (exact) mass is 686 g/mol. The average Bonchev–Trinajstić information content (AvgIpc) is 3.19. The van der Waals surface area contributed by atoms with Crippen LogP contribution in [0.25, 0.3) is 43.6 Å². The smallest absolute Gasteiger partial charge is 0.253 e. The van der Waals surface area contributed by atoms with E-state index >= 15 is 0 Å². The number of hydrogen-bond donors (Lipinski definition) is 4. The van der Waals surface area contributed by atoms with Crippen LogP contribution in [0.2, 0.25) is 0 Å². The summed E-state index contributed by atoms with van der Waals surface area (Å²) in [5.41, 5.74) is 2.78. The van der Waals surface area contributed by atoms with Gasteiger partial charge in [-0.2, -0.15) is 0 Å². The highest BCUT2D eigenvalue weighted by atomic mass is 16.3. The van der Waals surface area contributed by atoms with Crippen LogP contribution < -0.4 is 21.5 Å². The number of nitrogens with zero attached hydrogens (tertiary/aromatic N) is 2. The van der Waals surface area contributed by atoms with Gasteiger partial charge >= 0.3 is 0 Å².